The number of ether oxygens (including phenoxy) is 1. The average molecular weight is 590 g/mol. The number of carbonyl (C=O) groups excluding carboxylic acids is 1. The van der Waals surface area contributed by atoms with E-state index >= 15 is 0 Å². The third kappa shape index (κ3) is 6.16. The van der Waals surface area contributed by atoms with Gasteiger partial charge in [0.15, 0.2) is 5.69 Å². The van der Waals surface area contributed by atoms with Crippen LogP contribution in [0.3, 0.4) is 0 Å². The maximum Gasteiger partial charge on any atom is 0.436 e. The Hall–Kier alpha value is -2.62. The molecule has 1 fully saturated rings. The zero-order chi connectivity index (χ0) is 27.6. The summed E-state index contributed by atoms with van der Waals surface area (Å²) < 4.78 is 46.8. The van der Waals surface area contributed by atoms with Crippen molar-refractivity contribution in [2.45, 2.75) is 38.5 Å². The fraction of sp³-hybridized carbons (Fsp3) is 0.385. The predicted octanol–water partition coefficient (Wildman–Crippen LogP) is 6.89. The lowest BCUT2D eigenvalue weighted by Gasteiger charge is -2.38. The van der Waals surface area contributed by atoms with Crippen LogP contribution in [-0.2, 0) is 12.7 Å². The molecule has 2 aromatic carbocycles. The molecule has 1 amide bonds. The topological polar surface area (TPSA) is 59.4 Å². The quantitative estimate of drug-likeness (QED) is 0.326. The lowest BCUT2D eigenvalue weighted by molar-refractivity contribution is -0.141. The van der Waals surface area contributed by atoms with E-state index in [0.717, 1.165) is 5.69 Å². The number of halogens is 6. The van der Waals surface area contributed by atoms with E-state index in [9.17, 15) is 18.0 Å². The largest absolute Gasteiger partial charge is 0.495 e. The van der Waals surface area contributed by atoms with Crippen LogP contribution in [0.15, 0.2) is 42.5 Å². The normalized spacial score (nSPS) is 15.4. The van der Waals surface area contributed by atoms with Gasteiger partial charge >= 0.3 is 6.18 Å². The van der Waals surface area contributed by atoms with E-state index in [2.05, 4.69) is 15.3 Å². The van der Waals surface area contributed by atoms with Gasteiger partial charge in [-0.15, -0.1) is 0 Å². The molecule has 6 nitrogen and oxygen atoms in total. The van der Waals surface area contributed by atoms with Crippen LogP contribution in [-0.4, -0.2) is 41.9 Å². The minimum atomic E-state index is -4.68. The number of hydrogen-bond donors (Lipinski definition) is 1. The lowest BCUT2D eigenvalue weighted by atomic mass is 9.88. The van der Waals surface area contributed by atoms with E-state index in [0.29, 0.717) is 47.3 Å². The monoisotopic (exact) mass is 588 g/mol. The number of hydrogen-bond acceptors (Lipinski definition) is 4. The molecule has 204 valence electrons. The van der Waals surface area contributed by atoms with Crippen LogP contribution in [0.1, 0.15) is 34.6 Å². The van der Waals surface area contributed by atoms with E-state index in [4.69, 9.17) is 39.5 Å². The Balaban J connectivity index is 1.56. The molecule has 0 spiro atoms. The summed E-state index contributed by atoms with van der Waals surface area (Å²) in [4.78, 5) is 15.1. The van der Waals surface area contributed by atoms with Crippen molar-refractivity contribution in [3.63, 3.8) is 0 Å². The highest BCUT2D eigenvalue weighted by molar-refractivity contribution is 6.37. The third-order valence-corrected chi connectivity index (χ3v) is 7.85. The van der Waals surface area contributed by atoms with Gasteiger partial charge in [-0.3, -0.25) is 9.48 Å². The van der Waals surface area contributed by atoms with Gasteiger partial charge in [0.2, 0.25) is 0 Å². The van der Waals surface area contributed by atoms with Gasteiger partial charge in [0.05, 0.1) is 46.1 Å². The molecule has 1 aromatic heterocycles. The predicted molar refractivity (Wildman–Crippen MR) is 143 cm³/mol. The van der Waals surface area contributed by atoms with Crippen molar-refractivity contribution in [2.75, 3.05) is 25.1 Å². The van der Waals surface area contributed by atoms with Crippen LogP contribution in [0.4, 0.5) is 18.9 Å². The first-order chi connectivity index (χ1) is 18.0. The number of piperidine rings is 1. The zero-order valence-corrected chi connectivity index (χ0v) is 22.9. The maximum absolute atomic E-state index is 13.4. The molecule has 1 unspecified atom stereocenters. The molecule has 38 heavy (non-hydrogen) atoms. The second-order valence-corrected chi connectivity index (χ2v) is 10.3. The Bertz CT molecular complexity index is 1290. The van der Waals surface area contributed by atoms with Crippen molar-refractivity contribution in [3.8, 4) is 5.75 Å². The number of carbonyl (C=O) groups is 1. The molecule has 0 aliphatic carbocycles. The van der Waals surface area contributed by atoms with Crippen molar-refractivity contribution < 1.29 is 22.7 Å². The Morgan fingerprint density at radius 2 is 1.79 bits per heavy atom. The molecule has 1 N–H and O–H groups in total. The molecule has 0 radical (unpaired) electrons. The first-order valence-corrected chi connectivity index (χ1v) is 13.1. The number of alkyl halides is 3. The summed E-state index contributed by atoms with van der Waals surface area (Å²) in [6.07, 6.45) is -3.37. The molecular formula is C26H26Cl3F3N4O2. The number of amides is 1. The minimum Gasteiger partial charge on any atom is -0.495 e. The molecular weight excluding hydrogens is 564 g/mol. The highest BCUT2D eigenvalue weighted by Crippen LogP contribution is 2.39. The summed E-state index contributed by atoms with van der Waals surface area (Å²) in [5.41, 5.74) is 0.295. The highest BCUT2D eigenvalue weighted by atomic mass is 35.5. The lowest BCUT2D eigenvalue weighted by Crippen LogP contribution is -2.48. The van der Waals surface area contributed by atoms with E-state index in [1.165, 1.54) is 18.7 Å². The minimum absolute atomic E-state index is 0.0383. The van der Waals surface area contributed by atoms with E-state index in [1.54, 1.807) is 42.5 Å². The van der Waals surface area contributed by atoms with Crippen molar-refractivity contribution >= 4 is 46.4 Å². The smallest absolute Gasteiger partial charge is 0.436 e. The van der Waals surface area contributed by atoms with Crippen LogP contribution in [0, 0.1) is 12.8 Å². The summed E-state index contributed by atoms with van der Waals surface area (Å²) in [5.74, 6) is 0.159. The second kappa shape index (κ2) is 11.6. The van der Waals surface area contributed by atoms with Gasteiger partial charge < -0.3 is 15.0 Å². The van der Waals surface area contributed by atoms with Crippen molar-refractivity contribution in [1.29, 1.82) is 0 Å². The molecule has 3 aromatic rings. The van der Waals surface area contributed by atoms with Crippen LogP contribution < -0.4 is 15.0 Å². The number of aromatic nitrogens is 2. The van der Waals surface area contributed by atoms with Gasteiger partial charge in [0, 0.05) is 24.7 Å². The molecule has 1 aliphatic rings. The van der Waals surface area contributed by atoms with E-state index < -0.39 is 22.9 Å². The average Bonchev–Trinajstić information content (AvgIpc) is 3.18. The van der Waals surface area contributed by atoms with E-state index in [-0.39, 0.29) is 24.1 Å². The fourth-order valence-electron chi connectivity index (χ4n) is 4.68. The van der Waals surface area contributed by atoms with Crippen LogP contribution >= 0.6 is 34.8 Å². The number of nitrogens with one attached hydrogen (secondary N) is 1. The number of anilines is 1. The first kappa shape index (κ1) is 28.4. The van der Waals surface area contributed by atoms with Crippen molar-refractivity contribution in [3.05, 3.63) is 74.5 Å². The van der Waals surface area contributed by atoms with Crippen LogP contribution in [0.25, 0.3) is 0 Å². The van der Waals surface area contributed by atoms with Gasteiger partial charge in [-0.1, -0.05) is 53.0 Å². The summed E-state index contributed by atoms with van der Waals surface area (Å²) >= 11 is 18.6. The van der Waals surface area contributed by atoms with Gasteiger partial charge in [-0.05, 0) is 43.9 Å². The number of benzene rings is 2. The van der Waals surface area contributed by atoms with Gasteiger partial charge in [0.25, 0.3) is 5.91 Å². The third-order valence-electron chi connectivity index (χ3n) is 6.79. The highest BCUT2D eigenvalue weighted by Gasteiger charge is 2.39. The van der Waals surface area contributed by atoms with Crippen molar-refractivity contribution in [1.82, 2.24) is 15.1 Å². The first-order valence-electron chi connectivity index (χ1n) is 11.9. The SMILES string of the molecule is COc1cc(N2CCC(C(Cn3nc(C(F)(F)F)c(Cl)c3C)NC(=O)c3ccccc3)CC2)c(Cl)cc1Cl. The van der Waals surface area contributed by atoms with Gasteiger partial charge in [-0.2, -0.15) is 18.3 Å². The van der Waals surface area contributed by atoms with Gasteiger partial charge in [-0.25, -0.2) is 0 Å². The maximum atomic E-state index is 13.4. The van der Waals surface area contributed by atoms with Crippen molar-refractivity contribution in [2.24, 2.45) is 5.92 Å². The fourth-order valence-corrected chi connectivity index (χ4v) is 5.51. The molecule has 1 atom stereocenters. The summed E-state index contributed by atoms with van der Waals surface area (Å²) in [6, 6.07) is 11.6. The number of methoxy groups -OCH3 is 1. The Kier molecular flexibility index (Phi) is 8.69. The summed E-state index contributed by atoms with van der Waals surface area (Å²) in [5, 5.41) is 7.24. The zero-order valence-electron chi connectivity index (χ0n) is 20.7. The molecule has 1 saturated heterocycles. The number of nitrogens with zero attached hydrogens (tertiary/aromatic N) is 3. The molecule has 0 saturated carbocycles. The van der Waals surface area contributed by atoms with E-state index in [1.807, 2.05) is 0 Å². The molecule has 12 heteroatoms. The molecule has 2 heterocycles. The molecule has 0 bridgehead atoms. The summed E-state index contributed by atoms with van der Waals surface area (Å²) in [7, 11) is 1.53. The second-order valence-electron chi connectivity index (χ2n) is 9.14. The van der Waals surface area contributed by atoms with Gasteiger partial charge in [0.1, 0.15) is 5.75 Å². The summed E-state index contributed by atoms with van der Waals surface area (Å²) in [6.45, 7) is 2.75. The number of rotatable bonds is 7. The Morgan fingerprint density at radius 3 is 2.37 bits per heavy atom. The molecule has 4 rings (SSSR count). The Labute approximate surface area is 233 Å². The van der Waals surface area contributed by atoms with Crippen LogP contribution in [0.5, 0.6) is 5.75 Å². The van der Waals surface area contributed by atoms with Crippen LogP contribution in [0.2, 0.25) is 15.1 Å². The standard InChI is InChI=1S/C26H26Cl3F3N4O2/c1-15-23(29)24(26(30,31)32)34-36(15)14-20(33-25(37)17-6-4-3-5-7-17)16-8-10-35(11-9-16)21-13-22(38-2)19(28)12-18(21)27/h3-7,12-13,16,20H,8-11,14H2,1-2H3,(H,33,37). The molecule has 1 aliphatic heterocycles. The Morgan fingerprint density at radius 1 is 1.13 bits per heavy atom.